The molecule has 0 atom stereocenters. The zero-order valence-electron chi connectivity index (χ0n) is 12.5. The van der Waals surface area contributed by atoms with Crippen molar-refractivity contribution in [3.05, 3.63) is 65.4 Å². The van der Waals surface area contributed by atoms with Crippen LogP contribution < -0.4 is 0 Å². The summed E-state index contributed by atoms with van der Waals surface area (Å²) in [4.78, 5) is 0. The lowest BCUT2D eigenvalue weighted by Gasteiger charge is -2.07. The Morgan fingerprint density at radius 3 is 2.29 bits per heavy atom. The molecule has 1 heterocycles. The van der Waals surface area contributed by atoms with Crippen LogP contribution in [-0.2, 0) is 0 Å². The fourth-order valence-corrected chi connectivity index (χ4v) is 2.50. The molecule has 3 heteroatoms. The van der Waals surface area contributed by atoms with Gasteiger partial charge in [0, 0.05) is 0 Å². The third kappa shape index (κ3) is 2.31. The molecule has 0 bridgehead atoms. The number of benzene rings is 2. The van der Waals surface area contributed by atoms with Gasteiger partial charge in [0.15, 0.2) is 0 Å². The van der Waals surface area contributed by atoms with Crippen LogP contribution in [0.1, 0.15) is 16.8 Å². The summed E-state index contributed by atoms with van der Waals surface area (Å²) >= 11 is 0. The van der Waals surface area contributed by atoms with Crippen molar-refractivity contribution in [3.8, 4) is 22.7 Å². The summed E-state index contributed by atoms with van der Waals surface area (Å²) in [5.74, 6) is 0.182. The van der Waals surface area contributed by atoms with Gasteiger partial charge in [-0.25, -0.2) is 4.68 Å². The van der Waals surface area contributed by atoms with E-state index in [9.17, 15) is 5.11 Å². The highest BCUT2D eigenvalue weighted by molar-refractivity contribution is 5.71. The van der Waals surface area contributed by atoms with Crippen molar-refractivity contribution in [1.82, 2.24) is 9.78 Å². The van der Waals surface area contributed by atoms with Crippen LogP contribution in [0.4, 0.5) is 0 Å². The third-order valence-corrected chi connectivity index (χ3v) is 3.83. The molecule has 0 aliphatic heterocycles. The van der Waals surface area contributed by atoms with E-state index in [2.05, 4.69) is 18.9 Å². The summed E-state index contributed by atoms with van der Waals surface area (Å²) in [6.07, 6.45) is 0. The number of aryl methyl sites for hydroxylation is 3. The predicted molar refractivity (Wildman–Crippen MR) is 84.9 cm³/mol. The Balaban J connectivity index is 2.16. The first-order valence-corrected chi connectivity index (χ1v) is 6.99. The van der Waals surface area contributed by atoms with Crippen LogP contribution in [0.15, 0.2) is 48.5 Å². The molecule has 0 unspecified atom stereocenters. The Labute approximate surface area is 124 Å². The Morgan fingerprint density at radius 1 is 0.905 bits per heavy atom. The quantitative estimate of drug-likeness (QED) is 0.764. The maximum Gasteiger partial charge on any atom is 0.222 e. The van der Waals surface area contributed by atoms with Gasteiger partial charge in [0.1, 0.15) is 0 Å². The number of hydrogen-bond acceptors (Lipinski definition) is 2. The molecule has 1 N–H and O–H groups in total. The lowest BCUT2D eigenvalue weighted by Crippen LogP contribution is -1.97. The van der Waals surface area contributed by atoms with Gasteiger partial charge in [-0.2, -0.15) is 5.10 Å². The Bertz CT molecular complexity index is 788. The SMILES string of the molecule is Cc1ccc(-n2nc(C)c(-c3ccccc3)c2O)cc1C. The minimum Gasteiger partial charge on any atom is -0.493 e. The van der Waals surface area contributed by atoms with E-state index < -0.39 is 0 Å². The van der Waals surface area contributed by atoms with Gasteiger partial charge >= 0.3 is 0 Å². The van der Waals surface area contributed by atoms with Crippen molar-refractivity contribution in [2.24, 2.45) is 0 Å². The average molecular weight is 278 g/mol. The van der Waals surface area contributed by atoms with E-state index >= 15 is 0 Å². The number of nitrogens with zero attached hydrogens (tertiary/aromatic N) is 2. The minimum atomic E-state index is 0.182. The summed E-state index contributed by atoms with van der Waals surface area (Å²) in [6, 6.07) is 15.9. The second-order valence-electron chi connectivity index (χ2n) is 5.33. The molecular formula is C18H18N2O. The van der Waals surface area contributed by atoms with Crippen LogP contribution in [-0.4, -0.2) is 14.9 Å². The van der Waals surface area contributed by atoms with Crippen LogP contribution in [0.3, 0.4) is 0 Å². The van der Waals surface area contributed by atoms with Gasteiger partial charge in [0.25, 0.3) is 0 Å². The number of hydrogen-bond donors (Lipinski definition) is 1. The molecule has 21 heavy (non-hydrogen) atoms. The standard InChI is InChI=1S/C18H18N2O/c1-12-9-10-16(11-13(12)2)20-18(21)17(14(3)19-20)15-7-5-4-6-8-15/h4-11,21H,1-3H3. The Kier molecular flexibility index (Phi) is 3.26. The van der Waals surface area contributed by atoms with Crippen molar-refractivity contribution in [2.75, 3.05) is 0 Å². The van der Waals surface area contributed by atoms with Gasteiger partial charge in [-0.15, -0.1) is 0 Å². The van der Waals surface area contributed by atoms with Crippen LogP contribution in [0.5, 0.6) is 5.88 Å². The van der Waals surface area contributed by atoms with Gasteiger partial charge < -0.3 is 5.11 Å². The second kappa shape index (κ2) is 5.09. The summed E-state index contributed by atoms with van der Waals surface area (Å²) in [6.45, 7) is 6.05. The molecule has 3 aromatic rings. The van der Waals surface area contributed by atoms with E-state index in [4.69, 9.17) is 0 Å². The number of rotatable bonds is 2. The zero-order valence-corrected chi connectivity index (χ0v) is 12.5. The molecular weight excluding hydrogens is 260 g/mol. The summed E-state index contributed by atoms with van der Waals surface area (Å²) in [5.41, 5.74) is 5.86. The van der Waals surface area contributed by atoms with Crippen molar-refractivity contribution in [2.45, 2.75) is 20.8 Å². The zero-order chi connectivity index (χ0) is 15.0. The average Bonchev–Trinajstić information content (AvgIpc) is 2.78. The molecule has 0 amide bonds. The highest BCUT2D eigenvalue weighted by Crippen LogP contribution is 2.34. The fraction of sp³-hybridized carbons (Fsp3) is 0.167. The van der Waals surface area contributed by atoms with Crippen LogP contribution in [0.25, 0.3) is 16.8 Å². The summed E-state index contributed by atoms with van der Waals surface area (Å²) in [7, 11) is 0. The van der Waals surface area contributed by atoms with Gasteiger partial charge in [-0.05, 0) is 49.6 Å². The monoisotopic (exact) mass is 278 g/mol. The van der Waals surface area contributed by atoms with Gasteiger partial charge in [0.05, 0.1) is 16.9 Å². The molecule has 1 aromatic heterocycles. The summed E-state index contributed by atoms with van der Waals surface area (Å²) in [5, 5.41) is 15.1. The maximum absolute atomic E-state index is 10.6. The van der Waals surface area contributed by atoms with Crippen molar-refractivity contribution < 1.29 is 5.11 Å². The molecule has 0 aliphatic carbocycles. The maximum atomic E-state index is 10.6. The Morgan fingerprint density at radius 2 is 1.62 bits per heavy atom. The highest BCUT2D eigenvalue weighted by Gasteiger charge is 2.17. The van der Waals surface area contributed by atoms with E-state index in [-0.39, 0.29) is 5.88 Å². The first-order chi connectivity index (χ1) is 10.1. The largest absolute Gasteiger partial charge is 0.493 e. The van der Waals surface area contributed by atoms with Crippen LogP contribution in [0.2, 0.25) is 0 Å². The molecule has 106 valence electrons. The normalized spacial score (nSPS) is 10.8. The van der Waals surface area contributed by atoms with Gasteiger partial charge in [-0.3, -0.25) is 0 Å². The molecule has 0 fully saturated rings. The van der Waals surface area contributed by atoms with Crippen LogP contribution in [0, 0.1) is 20.8 Å². The minimum absolute atomic E-state index is 0.182. The first-order valence-electron chi connectivity index (χ1n) is 6.99. The fourth-order valence-electron chi connectivity index (χ4n) is 2.50. The highest BCUT2D eigenvalue weighted by atomic mass is 16.3. The lowest BCUT2D eigenvalue weighted by molar-refractivity contribution is 0.435. The summed E-state index contributed by atoms with van der Waals surface area (Å²) < 4.78 is 1.60. The molecule has 0 saturated heterocycles. The van der Waals surface area contributed by atoms with E-state index in [1.54, 1.807) is 4.68 Å². The van der Waals surface area contributed by atoms with Crippen molar-refractivity contribution in [1.29, 1.82) is 0 Å². The molecule has 0 aliphatic rings. The van der Waals surface area contributed by atoms with E-state index in [0.717, 1.165) is 22.5 Å². The molecule has 3 nitrogen and oxygen atoms in total. The van der Waals surface area contributed by atoms with Gasteiger partial charge in [-0.1, -0.05) is 36.4 Å². The number of aromatic nitrogens is 2. The first kappa shape index (κ1) is 13.4. The molecule has 0 radical (unpaired) electrons. The smallest absolute Gasteiger partial charge is 0.222 e. The van der Waals surface area contributed by atoms with E-state index in [0.29, 0.717) is 0 Å². The van der Waals surface area contributed by atoms with Crippen LogP contribution >= 0.6 is 0 Å². The van der Waals surface area contributed by atoms with E-state index in [1.165, 1.54) is 11.1 Å². The lowest BCUT2D eigenvalue weighted by atomic mass is 10.1. The predicted octanol–water partition coefficient (Wildman–Crippen LogP) is 4.17. The van der Waals surface area contributed by atoms with E-state index in [1.807, 2.05) is 55.5 Å². The topological polar surface area (TPSA) is 38.0 Å². The van der Waals surface area contributed by atoms with Crippen molar-refractivity contribution in [3.63, 3.8) is 0 Å². The number of aromatic hydroxyl groups is 1. The Hall–Kier alpha value is -2.55. The van der Waals surface area contributed by atoms with Gasteiger partial charge in [0.2, 0.25) is 5.88 Å². The van der Waals surface area contributed by atoms with Crippen molar-refractivity contribution >= 4 is 0 Å². The molecule has 0 spiro atoms. The third-order valence-electron chi connectivity index (χ3n) is 3.83. The molecule has 0 saturated carbocycles. The molecule has 2 aromatic carbocycles. The second-order valence-corrected chi connectivity index (χ2v) is 5.33. The molecule has 3 rings (SSSR count).